The summed E-state index contributed by atoms with van der Waals surface area (Å²) >= 11 is 11.6. The van der Waals surface area contributed by atoms with Crippen LogP contribution in [-0.4, -0.2) is 9.78 Å². The second kappa shape index (κ2) is 6.82. The van der Waals surface area contributed by atoms with Crippen LogP contribution in [0.1, 0.15) is 5.56 Å². The molecule has 0 aliphatic carbocycles. The number of hydrogen-bond donors (Lipinski definition) is 0. The largest absolute Gasteiger partial charge is 0.291 e. The summed E-state index contributed by atoms with van der Waals surface area (Å²) in [5.41, 5.74) is 2.79. The Labute approximate surface area is 143 Å². The summed E-state index contributed by atoms with van der Waals surface area (Å²) in [6.45, 7) is 0. The Kier molecular flexibility index (Phi) is 4.60. The summed E-state index contributed by atoms with van der Waals surface area (Å²) in [5.74, 6) is 0. The van der Waals surface area contributed by atoms with Crippen molar-refractivity contribution in [1.82, 2.24) is 9.78 Å². The minimum atomic E-state index is -0.448. The lowest BCUT2D eigenvalue weighted by Gasteiger charge is -2.02. The van der Waals surface area contributed by atoms with Gasteiger partial charge in [-0.25, -0.2) is 4.68 Å². The third-order valence-electron chi connectivity index (χ3n) is 3.33. The molecule has 3 aromatic rings. The summed E-state index contributed by atoms with van der Waals surface area (Å²) in [5, 5.41) is 4.03. The maximum atomic E-state index is 11.9. The molecular formula is C18H12Cl2N2O. The van der Waals surface area contributed by atoms with E-state index in [2.05, 4.69) is 17.2 Å². The number of benzene rings is 2. The fourth-order valence-corrected chi connectivity index (χ4v) is 2.36. The molecule has 3 rings (SSSR count). The molecule has 0 saturated heterocycles. The van der Waals surface area contributed by atoms with E-state index in [4.69, 9.17) is 23.2 Å². The molecule has 1 aromatic heterocycles. The molecule has 3 nitrogen and oxygen atoms in total. The normalized spacial score (nSPS) is 11.0. The molecule has 0 amide bonds. The number of rotatable bonds is 3. The summed E-state index contributed by atoms with van der Waals surface area (Å²) in [4.78, 5) is 11.9. The molecule has 0 aliphatic rings. The van der Waals surface area contributed by atoms with Gasteiger partial charge < -0.3 is 0 Å². The van der Waals surface area contributed by atoms with E-state index < -0.39 is 5.56 Å². The van der Waals surface area contributed by atoms with Gasteiger partial charge in [-0.05, 0) is 22.8 Å². The lowest BCUT2D eigenvalue weighted by molar-refractivity contribution is 0.855. The second-order valence-electron chi connectivity index (χ2n) is 4.86. The van der Waals surface area contributed by atoms with Crippen molar-refractivity contribution in [3.8, 4) is 11.1 Å². The third kappa shape index (κ3) is 3.52. The van der Waals surface area contributed by atoms with E-state index in [1.165, 1.54) is 6.20 Å². The topological polar surface area (TPSA) is 34.9 Å². The van der Waals surface area contributed by atoms with Crippen LogP contribution in [0.25, 0.3) is 23.4 Å². The van der Waals surface area contributed by atoms with Crippen LogP contribution in [-0.2, 0) is 0 Å². The van der Waals surface area contributed by atoms with Crippen molar-refractivity contribution < 1.29 is 0 Å². The Morgan fingerprint density at radius 2 is 1.57 bits per heavy atom. The van der Waals surface area contributed by atoms with Crippen LogP contribution in [0.3, 0.4) is 0 Å². The van der Waals surface area contributed by atoms with E-state index in [9.17, 15) is 4.79 Å². The van der Waals surface area contributed by atoms with E-state index in [0.717, 1.165) is 21.4 Å². The SMILES string of the molecule is O=c1c(Cl)c(Cl)cnn1/C=C/c1ccc(-c2ccccc2)cc1. The zero-order valence-corrected chi connectivity index (χ0v) is 13.5. The van der Waals surface area contributed by atoms with Gasteiger partial charge in [0.05, 0.1) is 11.2 Å². The van der Waals surface area contributed by atoms with Crippen molar-refractivity contribution in [3.05, 3.63) is 86.8 Å². The molecule has 0 atom stereocenters. The van der Waals surface area contributed by atoms with Gasteiger partial charge in [-0.15, -0.1) is 0 Å². The molecule has 0 aliphatic heterocycles. The van der Waals surface area contributed by atoms with Crippen LogP contribution < -0.4 is 5.56 Å². The molecule has 2 aromatic carbocycles. The van der Waals surface area contributed by atoms with Gasteiger partial charge in [0.2, 0.25) is 0 Å². The van der Waals surface area contributed by atoms with E-state index in [-0.39, 0.29) is 10.0 Å². The second-order valence-corrected chi connectivity index (χ2v) is 5.65. The highest BCUT2D eigenvalue weighted by atomic mass is 35.5. The van der Waals surface area contributed by atoms with Gasteiger partial charge >= 0.3 is 0 Å². The Morgan fingerprint density at radius 3 is 2.26 bits per heavy atom. The van der Waals surface area contributed by atoms with Crippen molar-refractivity contribution in [2.45, 2.75) is 0 Å². The predicted octanol–water partition coefficient (Wildman–Crippen LogP) is 4.85. The first-order valence-corrected chi connectivity index (χ1v) is 7.67. The van der Waals surface area contributed by atoms with Crippen LogP contribution in [0.5, 0.6) is 0 Å². The monoisotopic (exact) mass is 342 g/mol. The fraction of sp³-hybridized carbons (Fsp3) is 0. The summed E-state index contributed by atoms with van der Waals surface area (Å²) in [7, 11) is 0. The van der Waals surface area contributed by atoms with Gasteiger partial charge in [0, 0.05) is 6.20 Å². The van der Waals surface area contributed by atoms with Crippen molar-refractivity contribution in [3.63, 3.8) is 0 Å². The molecule has 1 heterocycles. The van der Waals surface area contributed by atoms with Crippen molar-refractivity contribution >= 4 is 35.5 Å². The molecule has 0 fully saturated rings. The average molecular weight is 343 g/mol. The molecule has 0 N–H and O–H groups in total. The van der Waals surface area contributed by atoms with Crippen molar-refractivity contribution in [1.29, 1.82) is 0 Å². The molecule has 5 heteroatoms. The lowest BCUT2D eigenvalue weighted by atomic mass is 10.0. The van der Waals surface area contributed by atoms with Crippen LogP contribution in [0, 0.1) is 0 Å². The summed E-state index contributed by atoms with van der Waals surface area (Å²) in [6.07, 6.45) is 4.68. The fourth-order valence-electron chi connectivity index (χ4n) is 2.10. The summed E-state index contributed by atoms with van der Waals surface area (Å²) in [6, 6.07) is 18.1. The van der Waals surface area contributed by atoms with Gasteiger partial charge in [0.25, 0.3) is 5.56 Å². The molecule has 0 spiro atoms. The Hall–Kier alpha value is -2.36. The standard InChI is InChI=1S/C18H12Cl2N2O/c19-16-12-21-22(18(23)17(16)20)11-10-13-6-8-15(9-7-13)14-4-2-1-3-5-14/h1-12H/b11-10+. The molecule has 23 heavy (non-hydrogen) atoms. The molecule has 114 valence electrons. The number of halogens is 2. The van der Waals surface area contributed by atoms with Gasteiger partial charge in [0.1, 0.15) is 5.02 Å². The maximum absolute atomic E-state index is 11.9. The Balaban J connectivity index is 1.84. The highest BCUT2D eigenvalue weighted by Gasteiger charge is 2.05. The zero-order chi connectivity index (χ0) is 16.2. The third-order valence-corrected chi connectivity index (χ3v) is 4.08. The van der Waals surface area contributed by atoms with E-state index in [1.54, 1.807) is 12.3 Å². The lowest BCUT2D eigenvalue weighted by Crippen LogP contribution is -2.18. The maximum Gasteiger partial charge on any atom is 0.291 e. The van der Waals surface area contributed by atoms with Gasteiger partial charge in [0.15, 0.2) is 0 Å². The first kappa shape index (κ1) is 15.5. The van der Waals surface area contributed by atoms with Gasteiger partial charge in [-0.1, -0.05) is 77.8 Å². The smallest absolute Gasteiger partial charge is 0.266 e. The molecule has 0 unspecified atom stereocenters. The van der Waals surface area contributed by atoms with Crippen LogP contribution in [0.15, 0.2) is 65.6 Å². The Bertz CT molecular complexity index is 901. The number of nitrogens with zero attached hydrogens (tertiary/aromatic N) is 2. The molecule has 0 bridgehead atoms. The van der Waals surface area contributed by atoms with Crippen LogP contribution >= 0.6 is 23.2 Å². The van der Waals surface area contributed by atoms with Crippen molar-refractivity contribution in [2.24, 2.45) is 0 Å². The van der Waals surface area contributed by atoms with Gasteiger partial charge in [-0.3, -0.25) is 4.79 Å². The van der Waals surface area contributed by atoms with Gasteiger partial charge in [-0.2, -0.15) is 5.10 Å². The number of hydrogen-bond acceptors (Lipinski definition) is 2. The minimum Gasteiger partial charge on any atom is -0.266 e. The quantitative estimate of drug-likeness (QED) is 0.682. The van der Waals surface area contributed by atoms with E-state index in [0.29, 0.717) is 0 Å². The highest BCUT2D eigenvalue weighted by Crippen LogP contribution is 2.20. The van der Waals surface area contributed by atoms with Crippen LogP contribution in [0.2, 0.25) is 10.0 Å². The molecule has 0 radical (unpaired) electrons. The first-order chi connectivity index (χ1) is 11.1. The zero-order valence-electron chi connectivity index (χ0n) is 12.0. The summed E-state index contributed by atoms with van der Waals surface area (Å²) < 4.78 is 1.15. The molecular weight excluding hydrogens is 331 g/mol. The highest BCUT2D eigenvalue weighted by molar-refractivity contribution is 6.41. The Morgan fingerprint density at radius 1 is 0.913 bits per heavy atom. The minimum absolute atomic E-state index is 0.0363. The van der Waals surface area contributed by atoms with E-state index >= 15 is 0 Å². The predicted molar refractivity (Wildman–Crippen MR) is 95.6 cm³/mol. The number of aromatic nitrogens is 2. The van der Waals surface area contributed by atoms with Crippen LogP contribution in [0.4, 0.5) is 0 Å². The average Bonchev–Trinajstić information content (AvgIpc) is 2.60. The van der Waals surface area contributed by atoms with Crippen molar-refractivity contribution in [2.75, 3.05) is 0 Å². The first-order valence-electron chi connectivity index (χ1n) is 6.91. The molecule has 0 saturated carbocycles. The van der Waals surface area contributed by atoms with E-state index in [1.807, 2.05) is 42.5 Å².